The van der Waals surface area contributed by atoms with Gasteiger partial charge < -0.3 is 0 Å². The van der Waals surface area contributed by atoms with Crippen LogP contribution in [0.1, 0.15) is 26.7 Å². The van der Waals surface area contributed by atoms with E-state index in [1.807, 2.05) is 0 Å². The first-order valence-corrected chi connectivity index (χ1v) is 8.11. The molecule has 0 fully saturated rings. The van der Waals surface area contributed by atoms with Crippen molar-refractivity contribution in [3.8, 4) is 0 Å². The van der Waals surface area contributed by atoms with Crippen LogP contribution in [-0.4, -0.2) is 28.7 Å². The predicted molar refractivity (Wildman–Crippen MR) is 70.9 cm³/mol. The molecule has 1 aromatic rings. The van der Waals surface area contributed by atoms with Gasteiger partial charge in [0, 0.05) is 12.4 Å². The van der Waals surface area contributed by atoms with Crippen LogP contribution in [0.5, 0.6) is 0 Å². The van der Waals surface area contributed by atoms with E-state index in [0.29, 0.717) is 6.42 Å². The zero-order chi connectivity index (χ0) is 13.8. The van der Waals surface area contributed by atoms with Crippen molar-refractivity contribution in [3.05, 3.63) is 18.5 Å². The second kappa shape index (κ2) is 6.56. The summed E-state index contributed by atoms with van der Waals surface area (Å²) in [6, 6.07) is 1.56. The molecule has 0 bridgehead atoms. The van der Waals surface area contributed by atoms with Gasteiger partial charge in [-0.3, -0.25) is 0 Å². The van der Waals surface area contributed by atoms with Crippen LogP contribution in [0.25, 0.3) is 0 Å². The van der Waals surface area contributed by atoms with E-state index in [2.05, 4.69) is 25.9 Å². The molecule has 18 heavy (non-hydrogen) atoms. The smallest absolute Gasteiger partial charge is 0.235 e. The van der Waals surface area contributed by atoms with Crippen LogP contribution < -0.4 is 0 Å². The highest BCUT2D eigenvalue weighted by Gasteiger charge is 2.30. The van der Waals surface area contributed by atoms with E-state index in [1.54, 1.807) is 19.9 Å². The van der Waals surface area contributed by atoms with Gasteiger partial charge in [0.1, 0.15) is 0 Å². The molecule has 1 rings (SSSR count). The van der Waals surface area contributed by atoms with Crippen LogP contribution in [0, 0.1) is 5.92 Å². The highest BCUT2D eigenvalue weighted by Crippen LogP contribution is 2.23. The third-order valence-electron chi connectivity index (χ3n) is 2.93. The van der Waals surface area contributed by atoms with Gasteiger partial charge in [0.05, 0.1) is 5.25 Å². The average molecular weight is 339 g/mol. The first-order valence-electron chi connectivity index (χ1n) is 5.64. The Hall–Kier alpha value is -0.560. The highest BCUT2D eigenvalue weighted by atomic mass is 79.9. The second-order valence-electron chi connectivity index (χ2n) is 4.23. The zero-order valence-electron chi connectivity index (χ0n) is 10.3. The Balaban J connectivity index is 2.80. The lowest BCUT2D eigenvalue weighted by atomic mass is 10.0. The van der Waals surface area contributed by atoms with Crippen molar-refractivity contribution in [2.24, 2.45) is 5.92 Å². The monoisotopic (exact) mass is 338 g/mol. The average Bonchev–Trinajstić information content (AvgIpc) is 2.36. The summed E-state index contributed by atoms with van der Waals surface area (Å²) in [5, 5.41) is -1.89. The highest BCUT2D eigenvalue weighted by molar-refractivity contribution is 9.09. The molecule has 1 unspecified atom stereocenters. The van der Waals surface area contributed by atoms with E-state index >= 15 is 0 Å². The maximum absolute atomic E-state index is 12.7. The maximum atomic E-state index is 12.7. The molecule has 102 valence electrons. The molecule has 1 aromatic heterocycles. The van der Waals surface area contributed by atoms with Crippen molar-refractivity contribution in [1.29, 1.82) is 0 Å². The summed E-state index contributed by atoms with van der Waals surface area (Å²) in [6.07, 6.45) is 3.57. The van der Waals surface area contributed by atoms with Crippen molar-refractivity contribution < 1.29 is 12.8 Å². The molecule has 0 N–H and O–H groups in total. The number of nitrogens with zero attached hydrogens (tertiary/aromatic N) is 2. The van der Waals surface area contributed by atoms with Crippen LogP contribution in [0.15, 0.2) is 23.6 Å². The normalized spacial score (nSPS) is 17.1. The molecule has 0 saturated heterocycles. The van der Waals surface area contributed by atoms with Gasteiger partial charge in [-0.1, -0.05) is 22.9 Å². The van der Waals surface area contributed by atoms with Crippen molar-refractivity contribution >= 4 is 25.8 Å². The predicted octanol–water partition coefficient (Wildman–Crippen LogP) is 2.75. The van der Waals surface area contributed by atoms with Crippen LogP contribution in [0.2, 0.25) is 0 Å². The number of hydrogen-bond acceptors (Lipinski definition) is 4. The molecule has 4 nitrogen and oxygen atoms in total. The maximum Gasteiger partial charge on any atom is 0.247 e. The van der Waals surface area contributed by atoms with E-state index in [0.717, 1.165) is 0 Å². The lowest BCUT2D eigenvalue weighted by Crippen LogP contribution is -2.27. The molecular weight excluding hydrogens is 323 g/mol. The Bertz CT molecular complexity index is 467. The van der Waals surface area contributed by atoms with E-state index in [1.165, 1.54) is 12.4 Å². The molecule has 0 amide bonds. The molecule has 1 heterocycles. The third kappa shape index (κ3) is 3.98. The standard InChI is InChI=1S/C11H16BrFN2O2S/c1-8(4-5-10(12)13)9(2)18(16,17)11-14-6-3-7-15-11/h3,6-10H,4-5H2,1-2H3/t8-,9+,10?/m0/s1. The van der Waals surface area contributed by atoms with Gasteiger partial charge in [-0.2, -0.15) is 0 Å². The molecule has 0 aromatic carbocycles. The van der Waals surface area contributed by atoms with Crippen LogP contribution in [0.4, 0.5) is 4.39 Å². The number of alkyl halides is 2. The number of hydrogen-bond donors (Lipinski definition) is 0. The molecule has 0 aliphatic rings. The molecular formula is C11H16BrFN2O2S. The second-order valence-corrected chi connectivity index (χ2v) is 7.42. The van der Waals surface area contributed by atoms with E-state index < -0.39 is 20.2 Å². The van der Waals surface area contributed by atoms with Gasteiger partial charge in [0.2, 0.25) is 15.0 Å². The van der Waals surface area contributed by atoms with Crippen LogP contribution in [0.3, 0.4) is 0 Å². The minimum atomic E-state index is -3.55. The molecule has 3 atom stereocenters. The van der Waals surface area contributed by atoms with Crippen molar-refractivity contribution in [2.75, 3.05) is 0 Å². The van der Waals surface area contributed by atoms with E-state index in [-0.39, 0.29) is 17.5 Å². The molecule has 0 saturated carbocycles. The molecule has 0 radical (unpaired) electrons. The Morgan fingerprint density at radius 1 is 1.28 bits per heavy atom. The molecule has 7 heteroatoms. The Morgan fingerprint density at radius 2 is 1.83 bits per heavy atom. The summed E-state index contributed by atoms with van der Waals surface area (Å²) in [7, 11) is -3.55. The van der Waals surface area contributed by atoms with Gasteiger partial charge in [0.25, 0.3) is 0 Å². The van der Waals surface area contributed by atoms with Crippen molar-refractivity contribution in [3.63, 3.8) is 0 Å². The van der Waals surface area contributed by atoms with Crippen LogP contribution >= 0.6 is 15.9 Å². The van der Waals surface area contributed by atoms with E-state index in [9.17, 15) is 12.8 Å². The first kappa shape index (κ1) is 15.5. The Morgan fingerprint density at radius 3 is 2.33 bits per heavy atom. The number of aromatic nitrogens is 2. The summed E-state index contributed by atoms with van der Waals surface area (Å²) in [5.74, 6) is -0.158. The Kier molecular flexibility index (Phi) is 5.65. The molecule has 0 aliphatic carbocycles. The van der Waals surface area contributed by atoms with Crippen molar-refractivity contribution in [2.45, 2.75) is 42.2 Å². The number of halogens is 2. The minimum Gasteiger partial charge on any atom is -0.235 e. The lowest BCUT2D eigenvalue weighted by molar-refractivity contribution is 0.386. The summed E-state index contributed by atoms with van der Waals surface area (Å²) in [6.45, 7) is 3.40. The fourth-order valence-corrected chi connectivity index (χ4v) is 3.29. The van der Waals surface area contributed by atoms with Gasteiger partial charge >= 0.3 is 0 Å². The van der Waals surface area contributed by atoms with Gasteiger partial charge in [-0.25, -0.2) is 22.8 Å². The summed E-state index contributed by atoms with van der Waals surface area (Å²) in [4.78, 5) is 7.53. The van der Waals surface area contributed by atoms with Gasteiger partial charge in [-0.15, -0.1) is 0 Å². The quantitative estimate of drug-likeness (QED) is 0.591. The molecule has 0 spiro atoms. The molecule has 0 aliphatic heterocycles. The third-order valence-corrected chi connectivity index (χ3v) is 5.55. The van der Waals surface area contributed by atoms with E-state index in [4.69, 9.17) is 0 Å². The Labute approximate surface area is 115 Å². The first-order chi connectivity index (χ1) is 8.35. The largest absolute Gasteiger partial charge is 0.247 e. The summed E-state index contributed by atoms with van der Waals surface area (Å²) in [5.41, 5.74) is 0. The zero-order valence-corrected chi connectivity index (χ0v) is 12.7. The lowest BCUT2D eigenvalue weighted by Gasteiger charge is -2.19. The topological polar surface area (TPSA) is 59.9 Å². The summed E-state index contributed by atoms with van der Waals surface area (Å²) >= 11 is 2.81. The fourth-order valence-electron chi connectivity index (χ4n) is 1.53. The number of rotatable bonds is 6. The number of sulfone groups is 1. The van der Waals surface area contributed by atoms with Crippen LogP contribution in [-0.2, 0) is 9.84 Å². The van der Waals surface area contributed by atoms with Gasteiger partial charge in [-0.05, 0) is 31.7 Å². The summed E-state index contributed by atoms with van der Waals surface area (Å²) < 4.78 is 37.1. The van der Waals surface area contributed by atoms with Crippen molar-refractivity contribution in [1.82, 2.24) is 9.97 Å². The minimum absolute atomic E-state index is 0.158. The SMILES string of the molecule is C[C@H]([C@@H](C)CCC(F)Br)S(=O)(=O)c1ncccn1. The fraction of sp³-hybridized carbons (Fsp3) is 0.636. The van der Waals surface area contributed by atoms with Gasteiger partial charge in [0.15, 0.2) is 5.08 Å².